The van der Waals surface area contributed by atoms with Crippen molar-refractivity contribution in [1.29, 1.82) is 0 Å². The van der Waals surface area contributed by atoms with Crippen molar-refractivity contribution in [2.24, 2.45) is 23.7 Å². The van der Waals surface area contributed by atoms with Crippen LogP contribution in [0.3, 0.4) is 0 Å². The molecule has 5 nitrogen and oxygen atoms in total. The summed E-state index contributed by atoms with van der Waals surface area (Å²) in [4.78, 5) is 4.51. The minimum Gasteiger partial charge on any atom is -0.379 e. The van der Waals surface area contributed by atoms with Crippen molar-refractivity contribution < 1.29 is 17.9 Å². The van der Waals surface area contributed by atoms with E-state index in [9.17, 15) is 13.2 Å². The number of aryl methyl sites for hydroxylation is 1. The van der Waals surface area contributed by atoms with Crippen molar-refractivity contribution >= 4 is 16.9 Å². The van der Waals surface area contributed by atoms with Gasteiger partial charge >= 0.3 is 0 Å². The number of hydrogen-bond donors (Lipinski definition) is 1. The van der Waals surface area contributed by atoms with Gasteiger partial charge in [0.15, 0.2) is 5.17 Å². The highest BCUT2D eigenvalue weighted by atomic mass is 32.2. The molecular weight excluding hydrogens is 377 g/mol. The van der Waals surface area contributed by atoms with E-state index in [1.807, 2.05) is 6.20 Å². The van der Waals surface area contributed by atoms with E-state index in [4.69, 9.17) is 10.5 Å². The van der Waals surface area contributed by atoms with Crippen LogP contribution in [0.2, 0.25) is 0 Å². The number of amidine groups is 1. The Kier molecular flexibility index (Phi) is 4.67. The number of hydrogen-bond acceptors (Lipinski definition) is 5. The van der Waals surface area contributed by atoms with Gasteiger partial charge in [0.2, 0.25) is 0 Å². The van der Waals surface area contributed by atoms with Crippen LogP contribution in [0.1, 0.15) is 23.7 Å². The predicted molar refractivity (Wildman–Crippen MR) is 97.0 cm³/mol. The molecule has 1 aromatic carbocycles. The van der Waals surface area contributed by atoms with E-state index in [0.717, 1.165) is 23.4 Å². The molecule has 1 fully saturated rings. The molecule has 144 valence electrons. The van der Waals surface area contributed by atoms with Crippen LogP contribution in [0.5, 0.6) is 0 Å². The Hall–Kier alpha value is -2.00. The molecule has 0 aliphatic carbocycles. The summed E-state index contributed by atoms with van der Waals surface area (Å²) in [5, 5.41) is 3.85. The Balaban J connectivity index is 1.78. The van der Waals surface area contributed by atoms with Gasteiger partial charge in [-0.25, -0.2) is 18.2 Å². The minimum absolute atomic E-state index is 0.0253. The highest BCUT2D eigenvalue weighted by Gasteiger charge is 2.53. The summed E-state index contributed by atoms with van der Waals surface area (Å²) in [6.45, 7) is -0.604. The van der Waals surface area contributed by atoms with Crippen molar-refractivity contribution in [3.05, 3.63) is 53.4 Å². The monoisotopic (exact) mass is 396 g/mol. The topological polar surface area (TPSA) is 65.4 Å². The van der Waals surface area contributed by atoms with Gasteiger partial charge in [-0.05, 0) is 12.5 Å². The second-order valence-corrected chi connectivity index (χ2v) is 8.16. The SMILES string of the molecule is Cn1cc([C@H]2CC3C(CF)SC(N)=N[C@@]3(c3ccc(F)cc3F)CO2)cn1. The summed E-state index contributed by atoms with van der Waals surface area (Å²) in [5.74, 6) is -1.78. The molecule has 27 heavy (non-hydrogen) atoms. The van der Waals surface area contributed by atoms with E-state index in [-0.39, 0.29) is 29.4 Å². The Morgan fingerprint density at radius 1 is 1.41 bits per heavy atom. The van der Waals surface area contributed by atoms with Gasteiger partial charge in [-0.2, -0.15) is 5.10 Å². The number of nitrogens with two attached hydrogens (primary N) is 1. The summed E-state index contributed by atoms with van der Waals surface area (Å²) < 4.78 is 49.7. The van der Waals surface area contributed by atoms with Gasteiger partial charge in [0.25, 0.3) is 0 Å². The largest absolute Gasteiger partial charge is 0.379 e. The summed E-state index contributed by atoms with van der Waals surface area (Å²) in [5.41, 5.74) is 5.81. The van der Waals surface area contributed by atoms with Crippen LogP contribution in [0, 0.1) is 17.6 Å². The quantitative estimate of drug-likeness (QED) is 0.866. The number of nitrogens with zero attached hydrogens (tertiary/aromatic N) is 3. The average molecular weight is 396 g/mol. The van der Waals surface area contributed by atoms with Gasteiger partial charge in [0, 0.05) is 41.6 Å². The maximum atomic E-state index is 14.7. The van der Waals surface area contributed by atoms with Crippen molar-refractivity contribution in [2.45, 2.75) is 23.3 Å². The fraction of sp³-hybridized carbons (Fsp3) is 0.444. The van der Waals surface area contributed by atoms with Gasteiger partial charge in [0.05, 0.1) is 18.9 Å². The number of benzene rings is 1. The molecule has 4 rings (SSSR count). The van der Waals surface area contributed by atoms with Crippen LogP contribution < -0.4 is 5.73 Å². The summed E-state index contributed by atoms with van der Waals surface area (Å²) in [6.07, 6.45) is 3.67. The number of halogens is 3. The number of alkyl halides is 1. The molecule has 0 radical (unpaired) electrons. The molecule has 1 saturated heterocycles. The third-order valence-electron chi connectivity index (χ3n) is 5.26. The molecule has 3 heterocycles. The zero-order chi connectivity index (χ0) is 19.2. The lowest BCUT2D eigenvalue weighted by molar-refractivity contribution is -0.0665. The standard InChI is InChI=1S/C18H19F3N4OS/c1-25-8-10(7-23-25)15-5-13-16(6-19)27-17(22)24-18(13,9-26-15)12-3-2-11(20)4-14(12)21/h2-4,7-8,13,15-16H,5-6,9H2,1H3,(H2,22,24)/t13?,15-,16?,18-/m1/s1. The Bertz CT molecular complexity index is 889. The first-order valence-corrected chi connectivity index (χ1v) is 9.44. The molecular formula is C18H19F3N4OS. The van der Waals surface area contributed by atoms with Crippen molar-refractivity contribution in [1.82, 2.24) is 9.78 Å². The van der Waals surface area contributed by atoms with Crippen LogP contribution >= 0.6 is 11.8 Å². The first kappa shape index (κ1) is 18.4. The molecule has 2 unspecified atom stereocenters. The molecule has 4 atom stereocenters. The Labute approximate surface area is 158 Å². The maximum Gasteiger partial charge on any atom is 0.155 e. The zero-order valence-electron chi connectivity index (χ0n) is 14.6. The van der Waals surface area contributed by atoms with Crippen LogP contribution in [0.4, 0.5) is 13.2 Å². The Morgan fingerprint density at radius 2 is 2.22 bits per heavy atom. The molecule has 2 N–H and O–H groups in total. The highest BCUT2D eigenvalue weighted by Crippen LogP contribution is 2.52. The normalized spacial score (nSPS) is 30.7. The summed E-state index contributed by atoms with van der Waals surface area (Å²) >= 11 is 1.16. The fourth-order valence-electron chi connectivity index (χ4n) is 4.02. The van der Waals surface area contributed by atoms with Crippen LogP contribution in [0.25, 0.3) is 0 Å². The number of ether oxygens (including phenoxy) is 1. The smallest absolute Gasteiger partial charge is 0.155 e. The highest BCUT2D eigenvalue weighted by molar-refractivity contribution is 8.14. The summed E-state index contributed by atoms with van der Waals surface area (Å²) in [7, 11) is 1.80. The number of aromatic nitrogens is 2. The lowest BCUT2D eigenvalue weighted by Gasteiger charge is -2.49. The molecule has 0 bridgehead atoms. The van der Waals surface area contributed by atoms with E-state index < -0.39 is 29.1 Å². The number of rotatable bonds is 3. The van der Waals surface area contributed by atoms with Gasteiger partial charge in [0.1, 0.15) is 23.8 Å². The molecule has 0 saturated carbocycles. The Morgan fingerprint density at radius 3 is 2.89 bits per heavy atom. The van der Waals surface area contributed by atoms with Gasteiger partial charge in [-0.3, -0.25) is 4.68 Å². The van der Waals surface area contributed by atoms with E-state index in [1.165, 1.54) is 12.1 Å². The van der Waals surface area contributed by atoms with E-state index in [1.54, 1.807) is 17.9 Å². The van der Waals surface area contributed by atoms with Crippen LogP contribution in [-0.2, 0) is 17.3 Å². The lowest BCUT2D eigenvalue weighted by atomic mass is 9.72. The number of aliphatic imine (C=N–C) groups is 1. The number of thioether (sulfide) groups is 1. The molecule has 2 aromatic rings. The molecule has 9 heteroatoms. The zero-order valence-corrected chi connectivity index (χ0v) is 15.4. The van der Waals surface area contributed by atoms with Crippen molar-refractivity contribution in [3.8, 4) is 0 Å². The van der Waals surface area contributed by atoms with Crippen LogP contribution in [-0.4, -0.2) is 33.5 Å². The maximum absolute atomic E-state index is 14.7. The van der Waals surface area contributed by atoms with E-state index in [0.29, 0.717) is 6.42 Å². The van der Waals surface area contributed by atoms with Gasteiger partial charge in [-0.15, -0.1) is 0 Å². The fourth-order valence-corrected chi connectivity index (χ4v) is 5.11. The third kappa shape index (κ3) is 3.12. The predicted octanol–water partition coefficient (Wildman–Crippen LogP) is 3.07. The second kappa shape index (κ2) is 6.87. The molecule has 0 spiro atoms. The molecule has 1 aromatic heterocycles. The number of fused-ring (bicyclic) bond motifs is 1. The average Bonchev–Trinajstić information content (AvgIpc) is 3.06. The molecule has 0 amide bonds. The summed E-state index contributed by atoms with van der Waals surface area (Å²) in [6, 6.07) is 3.34. The van der Waals surface area contributed by atoms with E-state index in [2.05, 4.69) is 10.1 Å². The third-order valence-corrected chi connectivity index (χ3v) is 6.35. The molecule has 2 aliphatic rings. The lowest BCUT2D eigenvalue weighted by Crippen LogP contribution is -2.52. The first-order valence-electron chi connectivity index (χ1n) is 8.56. The second-order valence-electron chi connectivity index (χ2n) is 6.90. The van der Waals surface area contributed by atoms with Crippen LogP contribution in [0.15, 0.2) is 35.6 Å². The van der Waals surface area contributed by atoms with E-state index >= 15 is 0 Å². The van der Waals surface area contributed by atoms with Gasteiger partial charge < -0.3 is 10.5 Å². The van der Waals surface area contributed by atoms with Crippen molar-refractivity contribution in [2.75, 3.05) is 13.3 Å². The van der Waals surface area contributed by atoms with Gasteiger partial charge in [-0.1, -0.05) is 17.8 Å². The van der Waals surface area contributed by atoms with Crippen molar-refractivity contribution in [3.63, 3.8) is 0 Å². The first-order chi connectivity index (χ1) is 12.9. The minimum atomic E-state index is -1.18. The molecule has 2 aliphatic heterocycles.